The maximum absolute atomic E-state index is 5.97. The van der Waals surface area contributed by atoms with Gasteiger partial charge in [0.25, 0.3) is 0 Å². The van der Waals surface area contributed by atoms with Gasteiger partial charge in [0.05, 0.1) is 0 Å². The summed E-state index contributed by atoms with van der Waals surface area (Å²) in [5.41, 5.74) is 0. The maximum Gasteiger partial charge on any atom is 0.158 e. The summed E-state index contributed by atoms with van der Waals surface area (Å²) >= 11 is 5.97. The molecule has 1 rings (SSSR count). The molecule has 108 valence electrons. The Hall–Kier alpha value is -0.910. The highest BCUT2D eigenvalue weighted by Crippen LogP contribution is 2.13. The molecule has 0 amide bonds. The van der Waals surface area contributed by atoms with Crippen molar-refractivity contribution in [2.45, 2.75) is 33.4 Å². The molecule has 1 heterocycles. The highest BCUT2D eigenvalue weighted by molar-refractivity contribution is 6.29. The van der Waals surface area contributed by atoms with Gasteiger partial charge in [-0.25, -0.2) is 9.97 Å². The minimum Gasteiger partial charge on any atom is -0.377 e. The van der Waals surface area contributed by atoms with Crippen molar-refractivity contribution < 1.29 is 4.74 Å². The fourth-order valence-electron chi connectivity index (χ4n) is 1.90. The van der Waals surface area contributed by atoms with Crippen LogP contribution in [0.1, 0.15) is 26.6 Å². The average Bonchev–Trinajstić information content (AvgIpc) is 2.35. The van der Waals surface area contributed by atoms with Crippen molar-refractivity contribution in [1.29, 1.82) is 0 Å². The highest BCUT2D eigenvalue weighted by atomic mass is 35.5. The molecule has 1 aromatic rings. The van der Waals surface area contributed by atoms with Gasteiger partial charge < -0.3 is 15.0 Å². The molecule has 5 nitrogen and oxygen atoms in total. The van der Waals surface area contributed by atoms with E-state index < -0.39 is 0 Å². The van der Waals surface area contributed by atoms with Gasteiger partial charge in [0.2, 0.25) is 0 Å². The second-order valence-electron chi connectivity index (χ2n) is 4.46. The smallest absolute Gasteiger partial charge is 0.158 e. The minimum absolute atomic E-state index is 0.293. The first-order valence-electron chi connectivity index (χ1n) is 6.60. The average molecular weight is 287 g/mol. The van der Waals surface area contributed by atoms with Gasteiger partial charge in [-0.05, 0) is 20.0 Å². The van der Waals surface area contributed by atoms with Crippen LogP contribution in [0.3, 0.4) is 0 Å². The van der Waals surface area contributed by atoms with Gasteiger partial charge in [-0.2, -0.15) is 0 Å². The van der Waals surface area contributed by atoms with Crippen LogP contribution in [0.5, 0.6) is 0 Å². The van der Waals surface area contributed by atoms with Crippen molar-refractivity contribution in [3.8, 4) is 0 Å². The lowest BCUT2D eigenvalue weighted by atomic mass is 10.3. The van der Waals surface area contributed by atoms with Crippen LogP contribution in [0, 0.1) is 0 Å². The summed E-state index contributed by atoms with van der Waals surface area (Å²) < 4.78 is 5.02. The zero-order chi connectivity index (χ0) is 14.3. The first-order chi connectivity index (χ1) is 9.08. The molecule has 0 aliphatic heterocycles. The summed E-state index contributed by atoms with van der Waals surface area (Å²) in [6.07, 6.45) is 0. The molecule has 0 saturated carbocycles. The number of anilines is 1. The molecule has 0 radical (unpaired) electrons. The normalized spacial score (nSPS) is 12.7. The number of ether oxygens (including phenoxy) is 1. The van der Waals surface area contributed by atoms with E-state index in [1.165, 1.54) is 0 Å². The Labute approximate surface area is 120 Å². The van der Waals surface area contributed by atoms with Gasteiger partial charge in [0, 0.05) is 25.8 Å². The van der Waals surface area contributed by atoms with Gasteiger partial charge in [-0.3, -0.25) is 0 Å². The Kier molecular flexibility index (Phi) is 7.05. The number of likely N-dealkylation sites (N-methyl/N-ethyl adjacent to an activating group) is 1. The lowest BCUT2D eigenvalue weighted by Gasteiger charge is -2.23. The monoisotopic (exact) mass is 286 g/mol. The number of nitrogens with zero attached hydrogens (tertiary/aromatic N) is 3. The molecule has 1 unspecified atom stereocenters. The summed E-state index contributed by atoms with van der Waals surface area (Å²) in [6, 6.07) is 2.03. The Morgan fingerprint density at radius 3 is 2.63 bits per heavy atom. The topological polar surface area (TPSA) is 50.3 Å². The molecule has 0 saturated heterocycles. The second-order valence-corrected chi connectivity index (χ2v) is 4.84. The molecule has 0 bridgehead atoms. The number of hydrogen-bond acceptors (Lipinski definition) is 5. The van der Waals surface area contributed by atoms with Crippen molar-refractivity contribution in [3.63, 3.8) is 0 Å². The van der Waals surface area contributed by atoms with Gasteiger partial charge in [-0.1, -0.05) is 25.4 Å². The maximum atomic E-state index is 5.97. The summed E-state index contributed by atoms with van der Waals surface area (Å²) in [4.78, 5) is 10.8. The van der Waals surface area contributed by atoms with Crippen LogP contribution in [0.25, 0.3) is 0 Å². The third-order valence-corrected chi connectivity index (χ3v) is 3.03. The minimum atomic E-state index is 0.293. The fourth-order valence-corrected chi connectivity index (χ4v) is 2.10. The molecule has 0 aromatic carbocycles. The van der Waals surface area contributed by atoms with E-state index in [9.17, 15) is 0 Å². The number of hydrogen-bond donors (Lipinski definition) is 1. The number of rotatable bonds is 8. The van der Waals surface area contributed by atoms with E-state index in [0.29, 0.717) is 23.6 Å². The quantitative estimate of drug-likeness (QED) is 0.744. The Bertz CT molecular complexity index is 385. The molecule has 6 heteroatoms. The van der Waals surface area contributed by atoms with E-state index in [1.807, 2.05) is 0 Å². The zero-order valence-corrected chi connectivity index (χ0v) is 12.9. The molecule has 0 aliphatic carbocycles. The predicted molar refractivity (Wildman–Crippen MR) is 78.6 cm³/mol. The molecule has 0 spiro atoms. The predicted octanol–water partition coefficient (Wildman–Crippen LogP) is 2.42. The Morgan fingerprint density at radius 2 is 2.05 bits per heavy atom. The standard InChI is InChI=1S/C13H23ClN4O/c1-5-18(6-2)8-10(3)15-12-7-11(14)16-13(17-12)9-19-4/h7,10H,5-6,8-9H2,1-4H3,(H,15,16,17). The first-order valence-corrected chi connectivity index (χ1v) is 6.98. The van der Waals surface area contributed by atoms with Crippen LogP contribution in [-0.4, -0.2) is 47.7 Å². The van der Waals surface area contributed by atoms with Crippen molar-refractivity contribution in [3.05, 3.63) is 17.0 Å². The molecule has 1 N–H and O–H groups in total. The zero-order valence-electron chi connectivity index (χ0n) is 12.1. The van der Waals surface area contributed by atoms with E-state index in [2.05, 4.69) is 41.0 Å². The van der Waals surface area contributed by atoms with Gasteiger partial charge in [0.15, 0.2) is 5.82 Å². The summed E-state index contributed by atoms with van der Waals surface area (Å²) in [6.45, 7) is 9.87. The van der Waals surface area contributed by atoms with Gasteiger partial charge >= 0.3 is 0 Å². The van der Waals surface area contributed by atoms with Crippen LogP contribution in [0.2, 0.25) is 5.15 Å². The van der Waals surface area contributed by atoms with Crippen LogP contribution in [0.15, 0.2) is 6.07 Å². The molecule has 19 heavy (non-hydrogen) atoms. The molecule has 1 aromatic heterocycles. The first kappa shape index (κ1) is 16.1. The fraction of sp³-hybridized carbons (Fsp3) is 0.692. The molecular formula is C13H23ClN4O. The largest absolute Gasteiger partial charge is 0.377 e. The van der Waals surface area contributed by atoms with Crippen LogP contribution in [-0.2, 0) is 11.3 Å². The number of methoxy groups -OCH3 is 1. The third-order valence-electron chi connectivity index (χ3n) is 2.84. The van der Waals surface area contributed by atoms with E-state index in [4.69, 9.17) is 16.3 Å². The lowest BCUT2D eigenvalue weighted by molar-refractivity contribution is 0.178. The van der Waals surface area contributed by atoms with Crippen molar-refractivity contribution in [1.82, 2.24) is 14.9 Å². The van der Waals surface area contributed by atoms with Crippen molar-refractivity contribution >= 4 is 17.4 Å². The van der Waals surface area contributed by atoms with Crippen LogP contribution in [0.4, 0.5) is 5.82 Å². The van der Waals surface area contributed by atoms with E-state index in [-0.39, 0.29) is 0 Å². The third kappa shape index (κ3) is 5.72. The molecular weight excluding hydrogens is 264 g/mol. The van der Waals surface area contributed by atoms with Gasteiger partial charge in [-0.15, -0.1) is 0 Å². The van der Waals surface area contributed by atoms with Crippen molar-refractivity contribution in [2.24, 2.45) is 0 Å². The van der Waals surface area contributed by atoms with E-state index >= 15 is 0 Å². The SMILES string of the molecule is CCN(CC)CC(C)Nc1cc(Cl)nc(COC)n1. The van der Waals surface area contributed by atoms with E-state index in [0.717, 1.165) is 25.5 Å². The number of halogens is 1. The van der Waals surface area contributed by atoms with Crippen molar-refractivity contribution in [2.75, 3.05) is 32.1 Å². The molecule has 1 atom stereocenters. The van der Waals surface area contributed by atoms with Crippen LogP contribution < -0.4 is 5.32 Å². The molecule has 0 aliphatic rings. The van der Waals surface area contributed by atoms with E-state index in [1.54, 1.807) is 13.2 Å². The Balaban J connectivity index is 2.65. The highest BCUT2D eigenvalue weighted by Gasteiger charge is 2.09. The number of aromatic nitrogens is 2. The second kappa shape index (κ2) is 8.30. The van der Waals surface area contributed by atoms with Gasteiger partial charge in [0.1, 0.15) is 17.6 Å². The molecule has 0 fully saturated rings. The summed E-state index contributed by atoms with van der Waals surface area (Å²) in [5, 5.41) is 3.78. The summed E-state index contributed by atoms with van der Waals surface area (Å²) in [5.74, 6) is 1.33. The lowest BCUT2D eigenvalue weighted by Crippen LogP contribution is -2.35. The Morgan fingerprint density at radius 1 is 1.37 bits per heavy atom. The number of nitrogens with one attached hydrogen (secondary N) is 1. The summed E-state index contributed by atoms with van der Waals surface area (Å²) in [7, 11) is 1.61. The van der Waals surface area contributed by atoms with Crippen LogP contribution >= 0.6 is 11.6 Å².